The van der Waals surface area contributed by atoms with Crippen molar-refractivity contribution < 1.29 is 4.74 Å². The second-order valence-corrected chi connectivity index (χ2v) is 6.58. The molecule has 128 valence electrons. The highest BCUT2D eigenvalue weighted by Crippen LogP contribution is 2.37. The van der Waals surface area contributed by atoms with Crippen molar-refractivity contribution in [3.8, 4) is 22.6 Å². The average Bonchev–Trinajstić information content (AvgIpc) is 3.14. The van der Waals surface area contributed by atoms with Crippen molar-refractivity contribution in [1.29, 1.82) is 0 Å². The molecule has 0 aliphatic carbocycles. The van der Waals surface area contributed by atoms with Gasteiger partial charge in [-0.15, -0.1) is 0 Å². The first-order valence-electron chi connectivity index (χ1n) is 8.89. The minimum atomic E-state index is 0.860. The van der Waals surface area contributed by atoms with Crippen molar-refractivity contribution >= 4 is 10.9 Å². The van der Waals surface area contributed by atoms with E-state index in [0.29, 0.717) is 0 Å². The number of nitrogens with zero attached hydrogens (tertiary/aromatic N) is 1. The lowest BCUT2D eigenvalue weighted by Gasteiger charge is -2.18. The van der Waals surface area contributed by atoms with Crippen LogP contribution in [0.1, 0.15) is 11.1 Å². The first kappa shape index (κ1) is 15.2. The number of H-pyrrole nitrogens is 1. The minimum absolute atomic E-state index is 0.860. The van der Waals surface area contributed by atoms with Crippen molar-refractivity contribution in [2.45, 2.75) is 13.0 Å². The molecule has 2 aromatic heterocycles. The number of pyridine rings is 1. The van der Waals surface area contributed by atoms with Crippen molar-refractivity contribution in [2.75, 3.05) is 6.54 Å². The molecule has 0 spiro atoms. The molecule has 26 heavy (non-hydrogen) atoms. The lowest BCUT2D eigenvalue weighted by molar-refractivity contribution is 0.486. The molecule has 0 atom stereocenters. The molecule has 3 heterocycles. The van der Waals surface area contributed by atoms with Crippen molar-refractivity contribution in [3.63, 3.8) is 0 Å². The van der Waals surface area contributed by atoms with Crippen LogP contribution in [0.15, 0.2) is 67.1 Å². The topological polar surface area (TPSA) is 49.9 Å². The van der Waals surface area contributed by atoms with E-state index in [1.54, 1.807) is 0 Å². The summed E-state index contributed by atoms with van der Waals surface area (Å²) in [6, 6.07) is 16.6. The largest absolute Gasteiger partial charge is 0.457 e. The Labute approximate surface area is 151 Å². The third-order valence-corrected chi connectivity index (χ3v) is 4.95. The van der Waals surface area contributed by atoms with E-state index < -0.39 is 0 Å². The van der Waals surface area contributed by atoms with Crippen LogP contribution >= 0.6 is 0 Å². The monoisotopic (exact) mass is 341 g/mol. The third-order valence-electron chi connectivity index (χ3n) is 4.95. The molecule has 4 nitrogen and oxygen atoms in total. The maximum atomic E-state index is 6.31. The Hall–Kier alpha value is -3.11. The van der Waals surface area contributed by atoms with Crippen LogP contribution in [0.3, 0.4) is 0 Å². The number of rotatable bonds is 3. The number of hydrogen-bond acceptors (Lipinski definition) is 3. The number of nitrogens with one attached hydrogen (secondary N) is 2. The fraction of sp³-hybridized carbons (Fsp3) is 0.136. The molecular weight excluding hydrogens is 322 g/mol. The molecule has 0 saturated carbocycles. The Morgan fingerprint density at radius 3 is 2.81 bits per heavy atom. The van der Waals surface area contributed by atoms with Gasteiger partial charge in [0.05, 0.1) is 0 Å². The Morgan fingerprint density at radius 1 is 0.962 bits per heavy atom. The van der Waals surface area contributed by atoms with E-state index in [-0.39, 0.29) is 0 Å². The molecular formula is C22H19N3O. The van der Waals surface area contributed by atoms with Crippen LogP contribution in [0.5, 0.6) is 11.5 Å². The lowest BCUT2D eigenvalue weighted by Crippen LogP contribution is -2.23. The summed E-state index contributed by atoms with van der Waals surface area (Å²) < 4.78 is 6.31. The molecule has 0 amide bonds. The second-order valence-electron chi connectivity index (χ2n) is 6.58. The van der Waals surface area contributed by atoms with Crippen LogP contribution < -0.4 is 10.1 Å². The van der Waals surface area contributed by atoms with E-state index in [1.807, 2.05) is 42.9 Å². The van der Waals surface area contributed by atoms with Gasteiger partial charge in [-0.1, -0.05) is 12.1 Å². The Bertz CT molecular complexity index is 1070. The maximum Gasteiger partial charge on any atom is 0.137 e. The van der Waals surface area contributed by atoms with Crippen LogP contribution in [-0.4, -0.2) is 16.5 Å². The molecule has 2 aromatic carbocycles. The van der Waals surface area contributed by atoms with Gasteiger partial charge in [-0.05, 0) is 66.1 Å². The van der Waals surface area contributed by atoms with E-state index in [2.05, 4.69) is 39.6 Å². The van der Waals surface area contributed by atoms with Gasteiger partial charge in [0.25, 0.3) is 0 Å². The van der Waals surface area contributed by atoms with Gasteiger partial charge in [-0.25, -0.2) is 0 Å². The molecule has 4 aromatic rings. The van der Waals surface area contributed by atoms with Gasteiger partial charge < -0.3 is 15.0 Å². The van der Waals surface area contributed by atoms with E-state index in [0.717, 1.165) is 53.0 Å². The first-order valence-corrected chi connectivity index (χ1v) is 8.89. The number of hydrogen-bond donors (Lipinski definition) is 2. The molecule has 4 heteroatoms. The molecule has 5 rings (SSSR count). The van der Waals surface area contributed by atoms with Crippen LogP contribution in [0.4, 0.5) is 0 Å². The summed E-state index contributed by atoms with van der Waals surface area (Å²) in [4.78, 5) is 7.47. The second kappa shape index (κ2) is 6.32. The molecule has 0 bridgehead atoms. The van der Waals surface area contributed by atoms with E-state index in [9.17, 15) is 0 Å². The summed E-state index contributed by atoms with van der Waals surface area (Å²) in [6.07, 6.45) is 6.74. The van der Waals surface area contributed by atoms with Gasteiger partial charge in [-0.2, -0.15) is 0 Å². The van der Waals surface area contributed by atoms with Crippen molar-refractivity contribution in [3.05, 3.63) is 78.2 Å². The molecule has 1 aliphatic rings. The van der Waals surface area contributed by atoms with Crippen LogP contribution in [0, 0.1) is 0 Å². The van der Waals surface area contributed by atoms with E-state index in [1.165, 1.54) is 11.1 Å². The maximum absolute atomic E-state index is 6.31. The zero-order valence-electron chi connectivity index (χ0n) is 14.3. The van der Waals surface area contributed by atoms with Gasteiger partial charge >= 0.3 is 0 Å². The van der Waals surface area contributed by atoms with Crippen LogP contribution in [0.2, 0.25) is 0 Å². The normalized spacial score (nSPS) is 13.5. The SMILES string of the molecule is c1cc(Oc2ccc3c(c2)CNCC3)c2c(-c3ccncc3)c[nH]c2c1. The summed E-state index contributed by atoms with van der Waals surface area (Å²) in [5, 5.41) is 4.51. The van der Waals surface area contributed by atoms with Gasteiger partial charge in [0.1, 0.15) is 11.5 Å². The van der Waals surface area contributed by atoms with E-state index in [4.69, 9.17) is 4.74 Å². The average molecular weight is 341 g/mol. The fourth-order valence-corrected chi connectivity index (χ4v) is 3.64. The number of fused-ring (bicyclic) bond motifs is 2. The predicted molar refractivity (Wildman–Crippen MR) is 103 cm³/mol. The standard InChI is InChI=1S/C22H19N3O/c1-2-20-22(19(14-25-20)16-7-9-23-10-8-16)21(3-1)26-18-5-4-15-6-11-24-13-17(15)12-18/h1-5,7-10,12,14,24-25H,6,11,13H2. The molecule has 0 unspecified atom stereocenters. The number of benzene rings is 2. The predicted octanol–water partition coefficient (Wildman–Crippen LogP) is 4.67. The highest BCUT2D eigenvalue weighted by Gasteiger charge is 2.14. The third kappa shape index (κ3) is 2.65. The lowest BCUT2D eigenvalue weighted by atomic mass is 10.0. The number of aromatic nitrogens is 2. The smallest absolute Gasteiger partial charge is 0.137 e. The van der Waals surface area contributed by atoms with Crippen LogP contribution in [-0.2, 0) is 13.0 Å². The summed E-state index contributed by atoms with van der Waals surface area (Å²) in [6.45, 7) is 1.95. The van der Waals surface area contributed by atoms with Gasteiger partial charge in [0, 0.05) is 41.6 Å². The summed E-state index contributed by atoms with van der Waals surface area (Å²) in [5.41, 5.74) is 6.04. The van der Waals surface area contributed by atoms with Crippen molar-refractivity contribution in [1.82, 2.24) is 15.3 Å². The molecule has 0 fully saturated rings. The summed E-state index contributed by atoms with van der Waals surface area (Å²) >= 11 is 0. The van der Waals surface area contributed by atoms with Gasteiger partial charge in [0.2, 0.25) is 0 Å². The Morgan fingerprint density at radius 2 is 1.88 bits per heavy atom. The molecule has 2 N–H and O–H groups in total. The minimum Gasteiger partial charge on any atom is -0.457 e. The molecule has 1 aliphatic heterocycles. The zero-order chi connectivity index (χ0) is 17.3. The molecule has 0 saturated heterocycles. The van der Waals surface area contributed by atoms with Gasteiger partial charge in [-0.3, -0.25) is 4.98 Å². The zero-order valence-corrected chi connectivity index (χ0v) is 14.3. The Kier molecular flexibility index (Phi) is 3.68. The summed E-state index contributed by atoms with van der Waals surface area (Å²) in [5.74, 6) is 1.74. The van der Waals surface area contributed by atoms with Gasteiger partial charge in [0.15, 0.2) is 0 Å². The summed E-state index contributed by atoms with van der Waals surface area (Å²) in [7, 11) is 0. The number of ether oxygens (including phenoxy) is 1. The Balaban J connectivity index is 1.58. The quantitative estimate of drug-likeness (QED) is 0.569. The number of aromatic amines is 1. The highest BCUT2D eigenvalue weighted by atomic mass is 16.5. The van der Waals surface area contributed by atoms with E-state index >= 15 is 0 Å². The highest BCUT2D eigenvalue weighted by molar-refractivity contribution is 6.00. The van der Waals surface area contributed by atoms with Crippen molar-refractivity contribution in [2.24, 2.45) is 0 Å². The fourth-order valence-electron chi connectivity index (χ4n) is 3.64. The van der Waals surface area contributed by atoms with Crippen LogP contribution in [0.25, 0.3) is 22.0 Å². The molecule has 0 radical (unpaired) electrons. The first-order chi connectivity index (χ1) is 12.9.